The van der Waals surface area contributed by atoms with Crippen LogP contribution in [0.4, 0.5) is 11.9 Å². The monoisotopic (exact) mass is 226 g/mol. The van der Waals surface area contributed by atoms with E-state index in [2.05, 4.69) is 25.7 Å². The van der Waals surface area contributed by atoms with Gasteiger partial charge in [0.25, 0.3) is 0 Å². The molecule has 0 spiro atoms. The van der Waals surface area contributed by atoms with Gasteiger partial charge < -0.3 is 14.8 Å². The molecule has 0 saturated carbocycles. The van der Waals surface area contributed by atoms with Gasteiger partial charge in [0.15, 0.2) is 0 Å². The van der Waals surface area contributed by atoms with Gasteiger partial charge in [-0.2, -0.15) is 15.0 Å². The molecule has 0 bridgehead atoms. The first-order chi connectivity index (χ1) is 7.81. The lowest BCUT2D eigenvalue weighted by Gasteiger charge is -2.11. The van der Waals surface area contributed by atoms with E-state index in [4.69, 9.17) is 15.3 Å². The Morgan fingerprint density at radius 3 is 2.81 bits per heavy atom. The van der Waals surface area contributed by atoms with Gasteiger partial charge in [0, 0.05) is 6.61 Å². The fourth-order valence-electron chi connectivity index (χ4n) is 1.41. The van der Waals surface area contributed by atoms with E-state index < -0.39 is 0 Å². The van der Waals surface area contributed by atoms with Gasteiger partial charge in [0.1, 0.15) is 0 Å². The summed E-state index contributed by atoms with van der Waals surface area (Å²) in [6.45, 7) is 1.40. The minimum atomic E-state index is 0.212. The highest BCUT2D eigenvalue weighted by atomic mass is 16.5. The second kappa shape index (κ2) is 4.90. The number of nitrogens with one attached hydrogen (secondary N) is 2. The van der Waals surface area contributed by atoms with Crippen LogP contribution in [-0.2, 0) is 4.74 Å². The topological polar surface area (TPSA) is 107 Å². The first kappa shape index (κ1) is 10.8. The Hall–Kier alpha value is -1.67. The van der Waals surface area contributed by atoms with Gasteiger partial charge in [-0.05, 0) is 6.42 Å². The molecule has 1 atom stereocenters. The lowest BCUT2D eigenvalue weighted by atomic mass is 10.3. The molecule has 1 aromatic heterocycles. The molecule has 4 N–H and O–H groups in total. The summed E-state index contributed by atoms with van der Waals surface area (Å²) in [7, 11) is 1.48. The van der Waals surface area contributed by atoms with E-state index in [0.717, 1.165) is 13.0 Å². The molecule has 2 rings (SSSR count). The molecule has 0 aromatic carbocycles. The van der Waals surface area contributed by atoms with Crippen molar-refractivity contribution in [1.29, 1.82) is 0 Å². The average molecular weight is 226 g/mol. The van der Waals surface area contributed by atoms with Gasteiger partial charge in [0.2, 0.25) is 11.9 Å². The Morgan fingerprint density at radius 2 is 2.19 bits per heavy atom. The zero-order valence-electron chi connectivity index (χ0n) is 8.93. The number of aromatic nitrogens is 3. The fourth-order valence-corrected chi connectivity index (χ4v) is 1.41. The average Bonchev–Trinajstić information content (AvgIpc) is 2.81. The van der Waals surface area contributed by atoms with Crippen molar-refractivity contribution >= 4 is 11.9 Å². The van der Waals surface area contributed by atoms with Crippen LogP contribution in [0, 0.1) is 0 Å². The SMILES string of the molecule is COc1nc(NN)nc(NC2CCOC2)n1. The predicted molar refractivity (Wildman–Crippen MR) is 57.0 cm³/mol. The van der Waals surface area contributed by atoms with Crippen LogP contribution < -0.4 is 21.3 Å². The molecular formula is C8H14N6O2. The van der Waals surface area contributed by atoms with Gasteiger partial charge in [-0.3, -0.25) is 5.43 Å². The number of ether oxygens (including phenoxy) is 2. The summed E-state index contributed by atoms with van der Waals surface area (Å²) in [6.07, 6.45) is 0.930. The molecule has 88 valence electrons. The van der Waals surface area contributed by atoms with Crippen molar-refractivity contribution in [1.82, 2.24) is 15.0 Å². The number of hydrazine groups is 1. The summed E-state index contributed by atoms with van der Waals surface area (Å²) in [5.74, 6) is 5.92. The number of nitrogens with zero attached hydrogens (tertiary/aromatic N) is 3. The van der Waals surface area contributed by atoms with E-state index in [0.29, 0.717) is 12.6 Å². The zero-order chi connectivity index (χ0) is 11.4. The number of rotatable bonds is 4. The van der Waals surface area contributed by atoms with E-state index in [1.807, 2.05) is 0 Å². The maximum absolute atomic E-state index is 5.24. The molecule has 0 amide bonds. The van der Waals surface area contributed by atoms with Gasteiger partial charge in [-0.25, -0.2) is 5.84 Å². The number of hydrogen-bond acceptors (Lipinski definition) is 8. The molecular weight excluding hydrogens is 212 g/mol. The second-order valence-corrected chi connectivity index (χ2v) is 3.32. The Kier molecular flexibility index (Phi) is 3.32. The maximum Gasteiger partial charge on any atom is 0.322 e. The van der Waals surface area contributed by atoms with Gasteiger partial charge in [-0.15, -0.1) is 0 Å². The molecule has 16 heavy (non-hydrogen) atoms. The standard InChI is InChI=1S/C8H14N6O2/c1-15-8-12-6(11-7(13-8)14-9)10-5-2-3-16-4-5/h5H,2-4,9H2,1H3,(H2,10,11,12,13,14). The first-order valence-corrected chi connectivity index (χ1v) is 4.93. The van der Waals surface area contributed by atoms with Crippen molar-refractivity contribution in [2.24, 2.45) is 5.84 Å². The van der Waals surface area contributed by atoms with E-state index in [9.17, 15) is 0 Å². The third-order valence-electron chi connectivity index (χ3n) is 2.19. The minimum Gasteiger partial charge on any atom is -0.467 e. The molecule has 1 aliphatic heterocycles. The summed E-state index contributed by atoms with van der Waals surface area (Å²) in [6, 6.07) is 0.432. The van der Waals surface area contributed by atoms with Crippen molar-refractivity contribution in [2.45, 2.75) is 12.5 Å². The molecule has 1 unspecified atom stereocenters. The Bertz CT molecular complexity index is 332. The van der Waals surface area contributed by atoms with Crippen molar-refractivity contribution < 1.29 is 9.47 Å². The lowest BCUT2D eigenvalue weighted by molar-refractivity contribution is 0.195. The van der Waals surface area contributed by atoms with Crippen LogP contribution in [0.5, 0.6) is 6.01 Å². The predicted octanol–water partition coefficient (Wildman–Crippen LogP) is -0.633. The van der Waals surface area contributed by atoms with Crippen LogP contribution in [0.3, 0.4) is 0 Å². The molecule has 1 fully saturated rings. The molecule has 8 heteroatoms. The van der Waals surface area contributed by atoms with E-state index in [-0.39, 0.29) is 18.0 Å². The highest BCUT2D eigenvalue weighted by molar-refractivity contribution is 5.35. The molecule has 8 nitrogen and oxygen atoms in total. The Labute approximate surface area is 92.5 Å². The molecule has 0 radical (unpaired) electrons. The van der Waals surface area contributed by atoms with E-state index >= 15 is 0 Å². The van der Waals surface area contributed by atoms with Crippen LogP contribution in [0.2, 0.25) is 0 Å². The largest absolute Gasteiger partial charge is 0.467 e. The quantitative estimate of drug-likeness (QED) is 0.460. The highest BCUT2D eigenvalue weighted by Crippen LogP contribution is 2.13. The normalized spacial score (nSPS) is 19.5. The van der Waals surface area contributed by atoms with Crippen molar-refractivity contribution in [2.75, 3.05) is 31.1 Å². The molecule has 0 aliphatic carbocycles. The van der Waals surface area contributed by atoms with Crippen molar-refractivity contribution in [3.63, 3.8) is 0 Å². The number of nitrogens with two attached hydrogens (primary N) is 1. The third kappa shape index (κ3) is 2.47. The van der Waals surface area contributed by atoms with Crippen LogP contribution in [-0.4, -0.2) is 41.3 Å². The zero-order valence-corrected chi connectivity index (χ0v) is 8.93. The van der Waals surface area contributed by atoms with Gasteiger partial charge >= 0.3 is 6.01 Å². The maximum atomic E-state index is 5.24. The highest BCUT2D eigenvalue weighted by Gasteiger charge is 2.17. The number of methoxy groups -OCH3 is 1. The molecule has 1 saturated heterocycles. The Morgan fingerprint density at radius 1 is 1.38 bits per heavy atom. The summed E-state index contributed by atoms with van der Waals surface area (Å²) in [5.41, 5.74) is 2.35. The second-order valence-electron chi connectivity index (χ2n) is 3.32. The van der Waals surface area contributed by atoms with Crippen LogP contribution in [0.15, 0.2) is 0 Å². The fraction of sp³-hybridized carbons (Fsp3) is 0.625. The minimum absolute atomic E-state index is 0.212. The van der Waals surface area contributed by atoms with Crippen LogP contribution in [0.25, 0.3) is 0 Å². The van der Waals surface area contributed by atoms with Crippen LogP contribution in [0.1, 0.15) is 6.42 Å². The number of anilines is 2. The summed E-state index contributed by atoms with van der Waals surface area (Å²) < 4.78 is 10.2. The third-order valence-corrected chi connectivity index (χ3v) is 2.19. The molecule has 2 heterocycles. The molecule has 1 aliphatic rings. The first-order valence-electron chi connectivity index (χ1n) is 4.93. The summed E-state index contributed by atoms with van der Waals surface area (Å²) >= 11 is 0. The number of nitrogen functional groups attached to an aromatic ring is 1. The van der Waals surface area contributed by atoms with E-state index in [1.165, 1.54) is 7.11 Å². The van der Waals surface area contributed by atoms with Crippen molar-refractivity contribution in [3.05, 3.63) is 0 Å². The lowest BCUT2D eigenvalue weighted by Crippen LogP contribution is -2.22. The van der Waals surface area contributed by atoms with Gasteiger partial charge in [0.05, 0.1) is 19.8 Å². The molecule has 1 aromatic rings. The van der Waals surface area contributed by atoms with Gasteiger partial charge in [-0.1, -0.05) is 0 Å². The van der Waals surface area contributed by atoms with Crippen LogP contribution >= 0.6 is 0 Å². The smallest absolute Gasteiger partial charge is 0.322 e. The number of hydrogen-bond donors (Lipinski definition) is 3. The van der Waals surface area contributed by atoms with E-state index in [1.54, 1.807) is 0 Å². The van der Waals surface area contributed by atoms with Crippen molar-refractivity contribution in [3.8, 4) is 6.01 Å². The Balaban J connectivity index is 2.12. The summed E-state index contributed by atoms with van der Waals surface area (Å²) in [4.78, 5) is 12.0. The summed E-state index contributed by atoms with van der Waals surface area (Å²) in [5, 5.41) is 3.13.